The third-order valence-corrected chi connectivity index (χ3v) is 3.02. The molecule has 2 N–H and O–H groups in total. The number of rotatable bonds is 3. The predicted molar refractivity (Wildman–Crippen MR) is 73.2 cm³/mol. The maximum atomic E-state index is 12.0. The highest BCUT2D eigenvalue weighted by Crippen LogP contribution is 2.23. The second-order valence-electron chi connectivity index (χ2n) is 5.65. The van der Waals surface area contributed by atoms with Crippen molar-refractivity contribution in [3.8, 4) is 0 Å². The van der Waals surface area contributed by atoms with Crippen molar-refractivity contribution in [2.45, 2.75) is 39.8 Å². The van der Waals surface area contributed by atoms with Crippen molar-refractivity contribution >= 4 is 11.7 Å². The van der Waals surface area contributed by atoms with E-state index in [9.17, 15) is 4.79 Å². The molecule has 0 radical (unpaired) electrons. The minimum absolute atomic E-state index is 0.0937. The van der Waals surface area contributed by atoms with Crippen molar-refractivity contribution in [2.24, 2.45) is 5.92 Å². The number of benzene rings is 1. The Hall–Kier alpha value is -1.55. The van der Waals surface area contributed by atoms with Crippen molar-refractivity contribution in [3.63, 3.8) is 0 Å². The van der Waals surface area contributed by atoms with Gasteiger partial charge in [0, 0.05) is 0 Å². The molecule has 0 spiro atoms. The Kier molecular flexibility index (Phi) is 3.30. The highest BCUT2D eigenvalue weighted by molar-refractivity contribution is 5.93. The summed E-state index contributed by atoms with van der Waals surface area (Å²) in [4.78, 5) is 12.0. The number of carbonyl (C=O) groups is 1. The van der Waals surface area contributed by atoms with Gasteiger partial charge in [-0.15, -0.1) is 0 Å². The molecule has 98 valence electrons. The third kappa shape index (κ3) is 2.64. The van der Waals surface area contributed by atoms with Crippen LogP contribution in [0.2, 0.25) is 0 Å². The van der Waals surface area contributed by atoms with E-state index < -0.39 is 0 Å². The average Bonchev–Trinajstić information content (AvgIpc) is 2.52. The summed E-state index contributed by atoms with van der Waals surface area (Å²) in [5.74, 6) is 0.514. The maximum absolute atomic E-state index is 12.0. The lowest BCUT2D eigenvalue weighted by Gasteiger charge is -2.26. The first-order chi connectivity index (χ1) is 8.39. The van der Waals surface area contributed by atoms with E-state index >= 15 is 0 Å². The van der Waals surface area contributed by atoms with Crippen molar-refractivity contribution in [3.05, 3.63) is 29.8 Å². The summed E-state index contributed by atoms with van der Waals surface area (Å²) in [5.41, 5.74) is 4.91. The van der Waals surface area contributed by atoms with Crippen molar-refractivity contribution in [2.75, 3.05) is 5.01 Å². The first-order valence-corrected chi connectivity index (χ1v) is 6.36. The molecule has 1 saturated heterocycles. The number of aryl methyl sites for hydroxylation is 1. The van der Waals surface area contributed by atoms with Crippen LogP contribution >= 0.6 is 0 Å². The van der Waals surface area contributed by atoms with Gasteiger partial charge in [0.25, 0.3) is 0 Å². The summed E-state index contributed by atoms with van der Waals surface area (Å²) in [6.07, 6.45) is 0.890. The molecule has 0 saturated carbocycles. The van der Waals surface area contributed by atoms with Crippen molar-refractivity contribution < 1.29 is 4.79 Å². The SMILES string of the molecule is Cc1cccc(N2N[C@](C)(CC(C)C)NC2=O)c1. The van der Waals surface area contributed by atoms with Crippen LogP contribution in [-0.4, -0.2) is 11.7 Å². The monoisotopic (exact) mass is 247 g/mol. The van der Waals surface area contributed by atoms with Crippen LogP contribution in [0.5, 0.6) is 0 Å². The van der Waals surface area contributed by atoms with Gasteiger partial charge in [0.15, 0.2) is 0 Å². The molecule has 1 aliphatic heterocycles. The van der Waals surface area contributed by atoms with E-state index in [1.807, 2.05) is 38.1 Å². The lowest BCUT2D eigenvalue weighted by molar-refractivity contribution is 0.243. The molecule has 18 heavy (non-hydrogen) atoms. The fourth-order valence-electron chi connectivity index (χ4n) is 2.48. The van der Waals surface area contributed by atoms with E-state index in [4.69, 9.17) is 0 Å². The minimum atomic E-state index is -0.366. The zero-order valence-corrected chi connectivity index (χ0v) is 11.4. The van der Waals surface area contributed by atoms with Gasteiger partial charge in [-0.2, -0.15) is 0 Å². The molecule has 0 bridgehead atoms. The number of nitrogens with one attached hydrogen (secondary N) is 2. The third-order valence-electron chi connectivity index (χ3n) is 3.02. The summed E-state index contributed by atoms with van der Waals surface area (Å²) in [5, 5.41) is 4.60. The zero-order chi connectivity index (χ0) is 13.3. The molecular formula is C14H21N3O. The molecule has 1 aromatic carbocycles. The molecule has 2 amide bonds. The number of amides is 2. The van der Waals surface area contributed by atoms with Gasteiger partial charge in [-0.05, 0) is 43.9 Å². The van der Waals surface area contributed by atoms with Gasteiger partial charge in [-0.25, -0.2) is 15.2 Å². The van der Waals surface area contributed by atoms with E-state index in [-0.39, 0.29) is 11.7 Å². The van der Waals surface area contributed by atoms with Crippen LogP contribution in [-0.2, 0) is 0 Å². The molecule has 0 aliphatic carbocycles. The second kappa shape index (κ2) is 4.61. The van der Waals surface area contributed by atoms with E-state index in [1.165, 1.54) is 0 Å². The van der Waals surface area contributed by atoms with Gasteiger partial charge >= 0.3 is 6.03 Å². The normalized spacial score (nSPS) is 23.6. The Morgan fingerprint density at radius 2 is 2.11 bits per heavy atom. The van der Waals surface area contributed by atoms with Crippen molar-refractivity contribution in [1.82, 2.24) is 10.7 Å². The van der Waals surface area contributed by atoms with Crippen LogP contribution in [0.4, 0.5) is 10.5 Å². The molecule has 1 heterocycles. The number of nitrogens with zero attached hydrogens (tertiary/aromatic N) is 1. The Morgan fingerprint density at radius 1 is 1.39 bits per heavy atom. The summed E-state index contributed by atoms with van der Waals surface area (Å²) < 4.78 is 0. The highest BCUT2D eigenvalue weighted by atomic mass is 16.2. The van der Waals surface area contributed by atoms with Gasteiger partial charge < -0.3 is 5.32 Å². The van der Waals surface area contributed by atoms with Gasteiger partial charge in [0.05, 0.1) is 5.69 Å². The first kappa shape index (κ1) is 12.9. The molecule has 1 fully saturated rings. The minimum Gasteiger partial charge on any atom is -0.317 e. The van der Waals surface area contributed by atoms with E-state index in [1.54, 1.807) is 5.01 Å². The molecule has 4 nitrogen and oxygen atoms in total. The molecule has 1 atom stereocenters. The van der Waals surface area contributed by atoms with E-state index in [0.717, 1.165) is 17.7 Å². The van der Waals surface area contributed by atoms with Gasteiger partial charge in [0.2, 0.25) is 0 Å². The molecule has 4 heteroatoms. The molecule has 1 aliphatic rings. The van der Waals surface area contributed by atoms with Crippen LogP contribution in [0.25, 0.3) is 0 Å². The Morgan fingerprint density at radius 3 is 2.72 bits per heavy atom. The number of carbonyl (C=O) groups excluding carboxylic acids is 1. The van der Waals surface area contributed by atoms with E-state index in [0.29, 0.717) is 5.92 Å². The zero-order valence-electron chi connectivity index (χ0n) is 11.4. The molecular weight excluding hydrogens is 226 g/mol. The summed E-state index contributed by atoms with van der Waals surface area (Å²) in [6, 6.07) is 7.81. The largest absolute Gasteiger partial charge is 0.338 e. The number of hydrazine groups is 1. The van der Waals surface area contributed by atoms with Gasteiger partial charge in [-0.1, -0.05) is 26.0 Å². The Labute approximate surface area is 108 Å². The Bertz CT molecular complexity index is 458. The standard InChI is InChI=1S/C14H21N3O/c1-10(2)9-14(4)15-13(18)17(16-14)12-7-5-6-11(3)8-12/h5-8,10,16H,9H2,1-4H3,(H,15,18)/t14-/m1/s1. The topological polar surface area (TPSA) is 44.4 Å². The van der Waals surface area contributed by atoms with Crippen LogP contribution in [0.15, 0.2) is 24.3 Å². The lowest BCUT2D eigenvalue weighted by atomic mass is 10.0. The predicted octanol–water partition coefficient (Wildman–Crippen LogP) is 2.79. The van der Waals surface area contributed by atoms with Crippen LogP contribution in [0.1, 0.15) is 32.8 Å². The summed E-state index contributed by atoms with van der Waals surface area (Å²) in [7, 11) is 0. The number of urea groups is 1. The average molecular weight is 247 g/mol. The number of anilines is 1. The Balaban J connectivity index is 2.19. The quantitative estimate of drug-likeness (QED) is 0.862. The maximum Gasteiger partial charge on any atom is 0.338 e. The fourth-order valence-corrected chi connectivity index (χ4v) is 2.48. The first-order valence-electron chi connectivity index (χ1n) is 6.36. The van der Waals surface area contributed by atoms with Crippen LogP contribution in [0, 0.1) is 12.8 Å². The summed E-state index contributed by atoms with van der Waals surface area (Å²) in [6.45, 7) is 8.33. The molecule has 2 rings (SSSR count). The fraction of sp³-hybridized carbons (Fsp3) is 0.500. The lowest BCUT2D eigenvalue weighted by Crippen LogP contribution is -2.49. The highest BCUT2D eigenvalue weighted by Gasteiger charge is 2.39. The van der Waals surface area contributed by atoms with Gasteiger partial charge in [0.1, 0.15) is 5.66 Å². The second-order valence-corrected chi connectivity index (χ2v) is 5.65. The van der Waals surface area contributed by atoms with E-state index in [2.05, 4.69) is 24.6 Å². The van der Waals surface area contributed by atoms with Crippen molar-refractivity contribution in [1.29, 1.82) is 0 Å². The van der Waals surface area contributed by atoms with Crippen LogP contribution < -0.4 is 15.8 Å². The van der Waals surface area contributed by atoms with Crippen LogP contribution in [0.3, 0.4) is 0 Å². The number of hydrogen-bond donors (Lipinski definition) is 2. The molecule has 1 aromatic rings. The van der Waals surface area contributed by atoms with Gasteiger partial charge in [-0.3, -0.25) is 0 Å². The molecule has 0 unspecified atom stereocenters. The molecule has 0 aromatic heterocycles. The smallest absolute Gasteiger partial charge is 0.317 e. The summed E-state index contributed by atoms with van der Waals surface area (Å²) >= 11 is 0. The number of hydrogen-bond acceptors (Lipinski definition) is 2.